The van der Waals surface area contributed by atoms with Crippen LogP contribution in [0.25, 0.3) is 11.1 Å². The number of amides is 1. The molecule has 8 nitrogen and oxygen atoms in total. The van der Waals surface area contributed by atoms with Gasteiger partial charge in [0.1, 0.15) is 12.6 Å². The van der Waals surface area contributed by atoms with Crippen molar-refractivity contribution in [2.75, 3.05) is 37.7 Å². The lowest BCUT2D eigenvalue weighted by Crippen LogP contribution is -2.46. The quantitative estimate of drug-likeness (QED) is 0.653. The summed E-state index contributed by atoms with van der Waals surface area (Å²) in [7, 11) is -3.00. The van der Waals surface area contributed by atoms with Gasteiger partial charge >= 0.3 is 12.1 Å². The van der Waals surface area contributed by atoms with E-state index in [1.807, 2.05) is 53.4 Å². The number of sulfone groups is 1. The van der Waals surface area contributed by atoms with Gasteiger partial charge in [0.05, 0.1) is 11.5 Å². The second-order valence-corrected chi connectivity index (χ2v) is 10.4. The first-order valence-electron chi connectivity index (χ1n) is 10.6. The summed E-state index contributed by atoms with van der Waals surface area (Å²) in [6.07, 6.45) is -0.611. The highest BCUT2D eigenvalue weighted by Crippen LogP contribution is 2.44. The van der Waals surface area contributed by atoms with Gasteiger partial charge in [0.2, 0.25) is 0 Å². The molecule has 1 amide bonds. The van der Waals surface area contributed by atoms with Crippen molar-refractivity contribution >= 4 is 21.9 Å². The van der Waals surface area contributed by atoms with Crippen LogP contribution in [0.15, 0.2) is 48.5 Å². The zero-order chi connectivity index (χ0) is 22.7. The average molecular weight is 459 g/mol. The normalized spacial score (nSPS) is 18.4. The number of nitrogens with one attached hydrogen (secondary N) is 1. The molecule has 170 valence electrons. The monoisotopic (exact) mass is 458 g/mol. The molecule has 0 spiro atoms. The fourth-order valence-corrected chi connectivity index (χ4v) is 5.60. The minimum atomic E-state index is -3.00. The minimum Gasteiger partial charge on any atom is -0.480 e. The van der Waals surface area contributed by atoms with E-state index < -0.39 is 27.9 Å². The number of fused-ring (bicyclic) bond motifs is 3. The van der Waals surface area contributed by atoms with E-state index in [9.17, 15) is 23.1 Å². The SMILES string of the molecule is O=C(N[C@@H](CCN1CCS(=O)(=O)CC1)C(=O)O)OCC1c2ccccc2-c2ccccc21. The molecule has 0 aromatic heterocycles. The molecule has 0 radical (unpaired) electrons. The molecule has 0 saturated carbocycles. The smallest absolute Gasteiger partial charge is 0.407 e. The third-order valence-corrected chi connectivity index (χ3v) is 7.71. The Hall–Kier alpha value is -2.91. The molecule has 32 heavy (non-hydrogen) atoms. The van der Waals surface area contributed by atoms with Crippen LogP contribution in [0.1, 0.15) is 23.5 Å². The van der Waals surface area contributed by atoms with Crippen LogP contribution in [0.2, 0.25) is 0 Å². The summed E-state index contributed by atoms with van der Waals surface area (Å²) in [6, 6.07) is 14.8. The lowest BCUT2D eigenvalue weighted by Gasteiger charge is -2.27. The van der Waals surface area contributed by atoms with Gasteiger partial charge in [0.25, 0.3) is 0 Å². The highest BCUT2D eigenvalue weighted by molar-refractivity contribution is 7.91. The van der Waals surface area contributed by atoms with Crippen molar-refractivity contribution in [3.8, 4) is 11.1 Å². The summed E-state index contributed by atoms with van der Waals surface area (Å²) in [6.45, 7) is 1.24. The maximum Gasteiger partial charge on any atom is 0.407 e. The van der Waals surface area contributed by atoms with Gasteiger partial charge in [-0.15, -0.1) is 0 Å². The van der Waals surface area contributed by atoms with E-state index in [4.69, 9.17) is 4.74 Å². The number of nitrogens with zero attached hydrogens (tertiary/aromatic N) is 1. The molecule has 2 N–H and O–H groups in total. The van der Waals surface area contributed by atoms with Crippen molar-refractivity contribution in [3.05, 3.63) is 59.7 Å². The van der Waals surface area contributed by atoms with Gasteiger partial charge in [-0.1, -0.05) is 48.5 Å². The molecule has 4 rings (SSSR count). The molecule has 0 bridgehead atoms. The molecule has 1 saturated heterocycles. The highest BCUT2D eigenvalue weighted by Gasteiger charge is 2.30. The lowest BCUT2D eigenvalue weighted by atomic mass is 9.98. The summed E-state index contributed by atoms with van der Waals surface area (Å²) in [5, 5.41) is 11.9. The van der Waals surface area contributed by atoms with Gasteiger partial charge in [0.15, 0.2) is 9.84 Å². The maximum atomic E-state index is 12.4. The number of aliphatic carboxylic acids is 1. The largest absolute Gasteiger partial charge is 0.480 e. The van der Waals surface area contributed by atoms with Crippen LogP contribution in [-0.2, 0) is 19.4 Å². The van der Waals surface area contributed by atoms with Crippen LogP contribution in [0, 0.1) is 0 Å². The molecule has 2 aromatic rings. The molecule has 1 heterocycles. The van der Waals surface area contributed by atoms with Crippen molar-refractivity contribution in [3.63, 3.8) is 0 Å². The van der Waals surface area contributed by atoms with Crippen molar-refractivity contribution < 1.29 is 27.9 Å². The number of ether oxygens (including phenoxy) is 1. The van der Waals surface area contributed by atoms with E-state index in [-0.39, 0.29) is 30.5 Å². The lowest BCUT2D eigenvalue weighted by molar-refractivity contribution is -0.139. The number of carboxylic acid groups (broad SMARTS) is 1. The predicted molar refractivity (Wildman–Crippen MR) is 119 cm³/mol. The zero-order valence-corrected chi connectivity index (χ0v) is 18.4. The van der Waals surface area contributed by atoms with Gasteiger partial charge in [-0.05, 0) is 28.7 Å². The molecule has 2 aliphatic rings. The van der Waals surface area contributed by atoms with Crippen molar-refractivity contribution in [2.24, 2.45) is 0 Å². The van der Waals surface area contributed by atoms with Crippen LogP contribution in [0.5, 0.6) is 0 Å². The van der Waals surface area contributed by atoms with Gasteiger partial charge < -0.3 is 20.1 Å². The van der Waals surface area contributed by atoms with Gasteiger partial charge in [-0.25, -0.2) is 18.0 Å². The second kappa shape index (κ2) is 9.30. The second-order valence-electron chi connectivity index (χ2n) is 8.14. The number of alkyl carbamates (subject to hydrolysis) is 1. The third kappa shape index (κ3) is 4.94. The first kappa shape index (κ1) is 22.3. The summed E-state index contributed by atoms with van der Waals surface area (Å²) < 4.78 is 28.5. The van der Waals surface area contributed by atoms with E-state index in [1.165, 1.54) is 0 Å². The summed E-state index contributed by atoms with van der Waals surface area (Å²) in [5.74, 6) is -1.11. The molecular formula is C23H26N2O6S. The van der Waals surface area contributed by atoms with Crippen LogP contribution >= 0.6 is 0 Å². The number of rotatable bonds is 7. The highest BCUT2D eigenvalue weighted by atomic mass is 32.2. The predicted octanol–water partition coefficient (Wildman–Crippen LogP) is 2.10. The van der Waals surface area contributed by atoms with Crippen LogP contribution in [0.3, 0.4) is 0 Å². The maximum absolute atomic E-state index is 12.4. The van der Waals surface area contributed by atoms with E-state index in [0.29, 0.717) is 19.6 Å². The standard InChI is InChI=1S/C23H26N2O6S/c26-22(27)21(9-10-25-11-13-32(29,30)14-12-25)24-23(28)31-15-20-18-7-3-1-5-16(18)17-6-2-4-8-19(17)20/h1-8,20-21H,9-15H2,(H,24,28)(H,26,27)/t21-/m0/s1. The minimum absolute atomic E-state index is 0.0740. The molecule has 1 aliphatic heterocycles. The van der Waals surface area contributed by atoms with Crippen molar-refractivity contribution in [2.45, 2.75) is 18.4 Å². The van der Waals surface area contributed by atoms with Gasteiger partial charge in [0, 0.05) is 25.6 Å². The molecule has 2 aromatic carbocycles. The van der Waals surface area contributed by atoms with Crippen LogP contribution in [-0.4, -0.2) is 74.3 Å². The van der Waals surface area contributed by atoms with Gasteiger partial charge in [-0.3, -0.25) is 0 Å². The molecule has 1 atom stereocenters. The first-order chi connectivity index (χ1) is 15.3. The van der Waals surface area contributed by atoms with E-state index in [2.05, 4.69) is 5.32 Å². The van der Waals surface area contributed by atoms with Crippen LogP contribution in [0.4, 0.5) is 4.79 Å². The van der Waals surface area contributed by atoms with Crippen molar-refractivity contribution in [1.82, 2.24) is 10.2 Å². The molecule has 1 aliphatic carbocycles. The van der Waals surface area contributed by atoms with E-state index in [1.54, 1.807) is 0 Å². The number of carbonyl (C=O) groups excluding carboxylic acids is 1. The molecular weight excluding hydrogens is 432 g/mol. The Morgan fingerprint density at radius 3 is 2.16 bits per heavy atom. The number of carboxylic acids is 1. The van der Waals surface area contributed by atoms with Gasteiger partial charge in [-0.2, -0.15) is 0 Å². The fraction of sp³-hybridized carbons (Fsp3) is 0.391. The van der Waals surface area contributed by atoms with Crippen molar-refractivity contribution in [1.29, 1.82) is 0 Å². The Bertz CT molecular complexity index is 1060. The Balaban J connectivity index is 1.33. The Morgan fingerprint density at radius 2 is 1.59 bits per heavy atom. The Morgan fingerprint density at radius 1 is 1.03 bits per heavy atom. The van der Waals surface area contributed by atoms with E-state index in [0.717, 1.165) is 22.3 Å². The number of hydrogen-bond acceptors (Lipinski definition) is 6. The molecule has 9 heteroatoms. The van der Waals surface area contributed by atoms with E-state index >= 15 is 0 Å². The summed E-state index contributed by atoms with van der Waals surface area (Å²) in [4.78, 5) is 25.9. The number of benzene rings is 2. The fourth-order valence-electron chi connectivity index (χ4n) is 4.33. The first-order valence-corrected chi connectivity index (χ1v) is 12.4. The number of hydrogen-bond donors (Lipinski definition) is 2. The number of carbonyl (C=O) groups is 2. The summed E-state index contributed by atoms with van der Waals surface area (Å²) >= 11 is 0. The third-order valence-electron chi connectivity index (χ3n) is 6.10. The zero-order valence-electron chi connectivity index (χ0n) is 17.6. The Labute approximate surface area is 187 Å². The summed E-state index contributed by atoms with van der Waals surface area (Å²) in [5.41, 5.74) is 4.39. The average Bonchev–Trinajstić information content (AvgIpc) is 3.09. The molecule has 1 fully saturated rings. The van der Waals surface area contributed by atoms with Crippen LogP contribution < -0.4 is 5.32 Å². The molecule has 0 unspecified atom stereocenters. The Kier molecular flexibility index (Phi) is 6.48. The topological polar surface area (TPSA) is 113 Å².